The minimum Gasteiger partial charge on any atom is -0.493 e. The molecule has 2 heterocycles. The van der Waals surface area contributed by atoms with Gasteiger partial charge in [-0.25, -0.2) is 9.97 Å². The Labute approximate surface area is 183 Å². The highest BCUT2D eigenvalue weighted by atomic mass is 16.5. The van der Waals surface area contributed by atoms with Crippen molar-refractivity contribution in [2.75, 3.05) is 44.6 Å². The Hall–Kier alpha value is -3.28. The molecule has 0 unspecified atom stereocenters. The Kier molecular flexibility index (Phi) is 4.93. The zero-order chi connectivity index (χ0) is 21.4. The summed E-state index contributed by atoms with van der Waals surface area (Å²) in [5, 5.41) is 3.07. The molecule has 1 aliphatic heterocycles. The molecule has 2 aliphatic rings. The number of piperidine rings is 1. The Morgan fingerprint density at radius 1 is 1.00 bits per heavy atom. The number of anilines is 2. The van der Waals surface area contributed by atoms with E-state index in [4.69, 9.17) is 14.5 Å². The highest BCUT2D eigenvalue weighted by Gasteiger charge is 2.42. The van der Waals surface area contributed by atoms with Crippen molar-refractivity contribution < 1.29 is 9.47 Å². The van der Waals surface area contributed by atoms with Gasteiger partial charge in [0, 0.05) is 49.1 Å². The molecular formula is C25H28N4O2. The number of aromatic nitrogens is 2. The lowest BCUT2D eigenvalue weighted by atomic mass is 9.64. The monoisotopic (exact) mass is 416 g/mol. The molecule has 160 valence electrons. The quantitative estimate of drug-likeness (QED) is 0.684. The van der Waals surface area contributed by atoms with Crippen LogP contribution in [0.2, 0.25) is 0 Å². The number of hydrogen-bond acceptors (Lipinski definition) is 6. The lowest BCUT2D eigenvalue weighted by molar-refractivity contribution is 0.324. The van der Waals surface area contributed by atoms with Gasteiger partial charge < -0.3 is 19.7 Å². The van der Waals surface area contributed by atoms with E-state index in [1.54, 1.807) is 14.2 Å². The summed E-state index contributed by atoms with van der Waals surface area (Å²) in [5.74, 6) is 2.21. The SMILES string of the molecule is CNc1ncc2c(n1)-c1ccccc1C1(CCN(c3ccc(OC)c(OC)c3)CC1)C2. The lowest BCUT2D eigenvalue weighted by Crippen LogP contribution is -2.45. The molecule has 0 bridgehead atoms. The number of methoxy groups -OCH3 is 2. The Morgan fingerprint density at radius 2 is 1.77 bits per heavy atom. The minimum atomic E-state index is 0.126. The summed E-state index contributed by atoms with van der Waals surface area (Å²) >= 11 is 0. The topological polar surface area (TPSA) is 59.5 Å². The molecule has 31 heavy (non-hydrogen) atoms. The number of nitrogens with one attached hydrogen (secondary N) is 1. The fraction of sp³-hybridized carbons (Fsp3) is 0.360. The van der Waals surface area contributed by atoms with Gasteiger partial charge in [0.15, 0.2) is 11.5 Å². The molecule has 1 aliphatic carbocycles. The van der Waals surface area contributed by atoms with E-state index in [1.165, 1.54) is 22.4 Å². The third-order valence-electron chi connectivity index (χ3n) is 6.82. The third kappa shape index (κ3) is 3.26. The zero-order valence-corrected chi connectivity index (χ0v) is 18.3. The molecule has 0 amide bonds. The van der Waals surface area contributed by atoms with E-state index in [0.29, 0.717) is 5.95 Å². The van der Waals surface area contributed by atoms with Gasteiger partial charge in [0.1, 0.15) is 0 Å². The second kappa shape index (κ2) is 7.76. The van der Waals surface area contributed by atoms with Gasteiger partial charge in [-0.05, 0) is 42.5 Å². The summed E-state index contributed by atoms with van der Waals surface area (Å²) < 4.78 is 10.9. The first-order chi connectivity index (χ1) is 15.2. The second-order valence-corrected chi connectivity index (χ2v) is 8.35. The van der Waals surface area contributed by atoms with Crippen LogP contribution in [0, 0.1) is 0 Å². The number of rotatable bonds is 4. The van der Waals surface area contributed by atoms with Crippen LogP contribution in [0.5, 0.6) is 11.5 Å². The molecule has 0 atom stereocenters. The van der Waals surface area contributed by atoms with Crippen LogP contribution in [0.3, 0.4) is 0 Å². The maximum absolute atomic E-state index is 5.51. The molecule has 1 fully saturated rings. The molecule has 0 radical (unpaired) electrons. The standard InChI is InChI=1S/C25H28N4O2/c1-26-24-27-16-17-15-25(20-7-5-4-6-19(20)23(17)28-24)10-12-29(13-11-25)18-8-9-21(30-2)22(14-18)31-3/h4-9,14,16H,10-13,15H2,1-3H3,(H,26,27,28). The van der Waals surface area contributed by atoms with Crippen LogP contribution in [0.1, 0.15) is 24.0 Å². The summed E-state index contributed by atoms with van der Waals surface area (Å²) in [6, 6.07) is 15.0. The number of nitrogens with zero attached hydrogens (tertiary/aromatic N) is 3. The van der Waals surface area contributed by atoms with E-state index in [2.05, 4.69) is 51.6 Å². The molecule has 0 saturated carbocycles. The van der Waals surface area contributed by atoms with Crippen LogP contribution < -0.4 is 19.7 Å². The summed E-state index contributed by atoms with van der Waals surface area (Å²) in [6.45, 7) is 1.99. The molecule has 2 aromatic carbocycles. The van der Waals surface area contributed by atoms with Crippen LogP contribution in [-0.4, -0.2) is 44.3 Å². The van der Waals surface area contributed by atoms with Gasteiger partial charge in [0.2, 0.25) is 5.95 Å². The molecular weight excluding hydrogens is 388 g/mol. The number of hydrogen-bond donors (Lipinski definition) is 1. The molecule has 1 saturated heterocycles. The fourth-order valence-corrected chi connectivity index (χ4v) is 5.16. The third-order valence-corrected chi connectivity index (χ3v) is 6.82. The highest BCUT2D eigenvalue weighted by Crippen LogP contribution is 2.48. The van der Waals surface area contributed by atoms with Crippen LogP contribution in [-0.2, 0) is 11.8 Å². The minimum absolute atomic E-state index is 0.126. The molecule has 6 nitrogen and oxygen atoms in total. The molecule has 1 aromatic heterocycles. The zero-order valence-electron chi connectivity index (χ0n) is 18.3. The predicted molar refractivity (Wildman–Crippen MR) is 123 cm³/mol. The summed E-state index contributed by atoms with van der Waals surface area (Å²) in [6.07, 6.45) is 5.17. The lowest BCUT2D eigenvalue weighted by Gasteiger charge is -2.46. The highest BCUT2D eigenvalue weighted by molar-refractivity contribution is 5.73. The van der Waals surface area contributed by atoms with Crippen molar-refractivity contribution >= 4 is 11.6 Å². The summed E-state index contributed by atoms with van der Waals surface area (Å²) in [7, 11) is 5.22. The van der Waals surface area contributed by atoms with Crippen molar-refractivity contribution in [3.63, 3.8) is 0 Å². The van der Waals surface area contributed by atoms with Crippen molar-refractivity contribution in [1.82, 2.24) is 9.97 Å². The van der Waals surface area contributed by atoms with E-state index >= 15 is 0 Å². The molecule has 3 aromatic rings. The normalized spacial score (nSPS) is 16.4. The first kappa shape index (κ1) is 19.7. The largest absolute Gasteiger partial charge is 0.493 e. The average Bonchev–Trinajstić information content (AvgIpc) is 2.84. The predicted octanol–water partition coefficient (Wildman–Crippen LogP) is 4.30. The maximum atomic E-state index is 5.51. The van der Waals surface area contributed by atoms with Gasteiger partial charge in [0.25, 0.3) is 0 Å². The van der Waals surface area contributed by atoms with E-state index in [1.807, 2.05) is 19.3 Å². The molecule has 5 rings (SSSR count). The van der Waals surface area contributed by atoms with Gasteiger partial charge in [0.05, 0.1) is 19.9 Å². The van der Waals surface area contributed by atoms with E-state index < -0.39 is 0 Å². The van der Waals surface area contributed by atoms with Crippen molar-refractivity contribution in [3.05, 3.63) is 59.8 Å². The summed E-state index contributed by atoms with van der Waals surface area (Å²) in [5.41, 5.74) is 6.30. The summed E-state index contributed by atoms with van der Waals surface area (Å²) in [4.78, 5) is 11.7. The smallest absolute Gasteiger partial charge is 0.222 e. The van der Waals surface area contributed by atoms with Gasteiger partial charge in [-0.15, -0.1) is 0 Å². The van der Waals surface area contributed by atoms with Gasteiger partial charge in [-0.1, -0.05) is 24.3 Å². The second-order valence-electron chi connectivity index (χ2n) is 8.35. The van der Waals surface area contributed by atoms with Crippen molar-refractivity contribution in [3.8, 4) is 22.8 Å². The van der Waals surface area contributed by atoms with Crippen molar-refractivity contribution in [2.45, 2.75) is 24.7 Å². The molecule has 1 N–H and O–H groups in total. The van der Waals surface area contributed by atoms with Gasteiger partial charge in [-0.2, -0.15) is 0 Å². The van der Waals surface area contributed by atoms with E-state index in [0.717, 1.165) is 49.5 Å². The molecule has 1 spiro atoms. The number of fused-ring (bicyclic) bond motifs is 4. The Morgan fingerprint density at radius 3 is 2.52 bits per heavy atom. The van der Waals surface area contributed by atoms with E-state index in [-0.39, 0.29) is 5.41 Å². The van der Waals surface area contributed by atoms with Crippen LogP contribution in [0.15, 0.2) is 48.7 Å². The van der Waals surface area contributed by atoms with Crippen LogP contribution >= 0.6 is 0 Å². The maximum Gasteiger partial charge on any atom is 0.222 e. The van der Waals surface area contributed by atoms with E-state index in [9.17, 15) is 0 Å². The Bertz CT molecular complexity index is 1110. The number of ether oxygens (including phenoxy) is 2. The Balaban J connectivity index is 1.45. The number of benzene rings is 2. The first-order valence-corrected chi connectivity index (χ1v) is 10.8. The van der Waals surface area contributed by atoms with Crippen molar-refractivity contribution in [2.24, 2.45) is 0 Å². The van der Waals surface area contributed by atoms with Crippen LogP contribution in [0.4, 0.5) is 11.6 Å². The average molecular weight is 417 g/mol. The molecule has 6 heteroatoms. The van der Waals surface area contributed by atoms with Gasteiger partial charge >= 0.3 is 0 Å². The van der Waals surface area contributed by atoms with Crippen LogP contribution in [0.25, 0.3) is 11.3 Å². The van der Waals surface area contributed by atoms with Gasteiger partial charge in [-0.3, -0.25) is 0 Å². The van der Waals surface area contributed by atoms with Crippen molar-refractivity contribution in [1.29, 1.82) is 0 Å². The first-order valence-electron chi connectivity index (χ1n) is 10.8. The fourth-order valence-electron chi connectivity index (χ4n) is 5.16.